The summed E-state index contributed by atoms with van der Waals surface area (Å²) in [5.74, 6) is 1.03. The van der Waals surface area contributed by atoms with Gasteiger partial charge in [-0.15, -0.1) is 5.10 Å². The molecule has 1 unspecified atom stereocenters. The van der Waals surface area contributed by atoms with E-state index in [0.717, 1.165) is 12.1 Å². The van der Waals surface area contributed by atoms with Crippen molar-refractivity contribution in [3.05, 3.63) is 17.8 Å². The Morgan fingerprint density at radius 3 is 2.36 bits per heavy atom. The fraction of sp³-hybridized carbons (Fsp3) is 0.636. The summed E-state index contributed by atoms with van der Waals surface area (Å²) >= 11 is 0. The Morgan fingerprint density at radius 1 is 1.21 bits per heavy atom. The van der Waals surface area contributed by atoms with Crippen molar-refractivity contribution in [2.75, 3.05) is 0 Å². The van der Waals surface area contributed by atoms with Gasteiger partial charge < -0.3 is 4.74 Å². The zero-order valence-electron chi connectivity index (χ0n) is 9.32. The molecule has 0 radical (unpaired) electrons. The first-order chi connectivity index (χ1) is 6.63. The number of hydrogen-bond donors (Lipinski definition) is 0. The van der Waals surface area contributed by atoms with Crippen LogP contribution in [0.2, 0.25) is 0 Å². The molecular formula is C11H18N2O. The molecule has 78 valence electrons. The van der Waals surface area contributed by atoms with Gasteiger partial charge in [0.15, 0.2) is 0 Å². The van der Waals surface area contributed by atoms with Crippen LogP contribution in [-0.2, 0) is 0 Å². The molecule has 1 heterocycles. The average molecular weight is 194 g/mol. The molecule has 0 aromatic carbocycles. The maximum atomic E-state index is 5.52. The van der Waals surface area contributed by atoms with Crippen LogP contribution in [-0.4, -0.2) is 16.3 Å². The number of rotatable bonds is 4. The molecule has 0 N–H and O–H groups in total. The van der Waals surface area contributed by atoms with E-state index < -0.39 is 0 Å². The number of aromatic nitrogens is 2. The van der Waals surface area contributed by atoms with E-state index in [1.165, 1.54) is 0 Å². The molecule has 1 rings (SSSR count). The lowest BCUT2D eigenvalue weighted by atomic mass is 10.1. The summed E-state index contributed by atoms with van der Waals surface area (Å²) in [6.07, 6.45) is 1.18. The lowest BCUT2D eigenvalue weighted by molar-refractivity contribution is 0.206. The third kappa shape index (κ3) is 2.98. The normalized spacial score (nSPS) is 12.9. The van der Waals surface area contributed by atoms with E-state index in [1.54, 1.807) is 0 Å². The molecule has 0 fully saturated rings. The molecule has 0 saturated heterocycles. The average Bonchev–Trinajstić information content (AvgIpc) is 2.18. The quantitative estimate of drug-likeness (QED) is 0.739. The summed E-state index contributed by atoms with van der Waals surface area (Å²) < 4.78 is 5.52. The molecule has 0 aliphatic carbocycles. The van der Waals surface area contributed by atoms with Crippen LogP contribution in [0, 0.1) is 0 Å². The van der Waals surface area contributed by atoms with Crippen molar-refractivity contribution in [1.29, 1.82) is 0 Å². The van der Waals surface area contributed by atoms with E-state index >= 15 is 0 Å². The second-order valence-corrected chi connectivity index (χ2v) is 3.79. The minimum absolute atomic E-state index is 0.203. The summed E-state index contributed by atoms with van der Waals surface area (Å²) in [6, 6.07) is 3.85. The lowest BCUT2D eigenvalue weighted by Gasteiger charge is -2.11. The smallest absolute Gasteiger partial charge is 0.233 e. The number of nitrogens with zero attached hydrogens (tertiary/aromatic N) is 2. The predicted octanol–water partition coefficient (Wildman–Crippen LogP) is 2.78. The SMILES string of the molecule is CCC(C)Oc1ccc(C(C)C)nn1. The van der Waals surface area contributed by atoms with E-state index in [1.807, 2.05) is 19.1 Å². The molecule has 0 amide bonds. The summed E-state index contributed by atoms with van der Waals surface area (Å²) in [4.78, 5) is 0. The fourth-order valence-corrected chi connectivity index (χ4v) is 0.991. The molecule has 0 aliphatic heterocycles. The second-order valence-electron chi connectivity index (χ2n) is 3.79. The molecule has 0 spiro atoms. The first-order valence-corrected chi connectivity index (χ1v) is 5.13. The third-order valence-electron chi connectivity index (χ3n) is 2.15. The van der Waals surface area contributed by atoms with Gasteiger partial charge in [0.2, 0.25) is 5.88 Å². The largest absolute Gasteiger partial charge is 0.474 e. The van der Waals surface area contributed by atoms with Crippen molar-refractivity contribution in [2.45, 2.75) is 46.1 Å². The summed E-state index contributed by atoms with van der Waals surface area (Å²) in [6.45, 7) is 8.30. The minimum atomic E-state index is 0.203. The van der Waals surface area contributed by atoms with Gasteiger partial charge in [-0.25, -0.2) is 0 Å². The Kier molecular flexibility index (Phi) is 3.86. The van der Waals surface area contributed by atoms with E-state index in [-0.39, 0.29) is 6.10 Å². The van der Waals surface area contributed by atoms with Gasteiger partial charge in [0.25, 0.3) is 0 Å². The standard InChI is InChI=1S/C11H18N2O/c1-5-9(4)14-11-7-6-10(8(2)3)12-13-11/h6-9H,5H2,1-4H3. The van der Waals surface area contributed by atoms with Crippen LogP contribution in [0.5, 0.6) is 5.88 Å². The summed E-state index contributed by atoms with van der Waals surface area (Å²) in [5, 5.41) is 8.11. The number of ether oxygens (including phenoxy) is 1. The van der Waals surface area contributed by atoms with Crippen molar-refractivity contribution in [2.24, 2.45) is 0 Å². The molecule has 1 aromatic rings. The minimum Gasteiger partial charge on any atom is -0.474 e. The van der Waals surface area contributed by atoms with Crippen LogP contribution in [0.1, 0.15) is 45.7 Å². The lowest BCUT2D eigenvalue weighted by Crippen LogP contribution is -2.11. The molecule has 0 aliphatic rings. The van der Waals surface area contributed by atoms with Crippen LogP contribution in [0.3, 0.4) is 0 Å². The second kappa shape index (κ2) is 4.94. The monoisotopic (exact) mass is 194 g/mol. The highest BCUT2D eigenvalue weighted by Gasteiger charge is 2.04. The molecule has 3 nitrogen and oxygen atoms in total. The maximum absolute atomic E-state index is 5.52. The fourth-order valence-electron chi connectivity index (χ4n) is 0.991. The molecule has 3 heteroatoms. The Balaban J connectivity index is 2.64. The van der Waals surface area contributed by atoms with Gasteiger partial charge in [-0.2, -0.15) is 5.10 Å². The molecule has 0 saturated carbocycles. The highest BCUT2D eigenvalue weighted by Crippen LogP contribution is 2.13. The van der Waals surface area contributed by atoms with Crippen molar-refractivity contribution >= 4 is 0 Å². The van der Waals surface area contributed by atoms with Crippen LogP contribution >= 0.6 is 0 Å². The predicted molar refractivity (Wildman–Crippen MR) is 56.5 cm³/mol. The molecule has 1 atom stereocenters. The van der Waals surface area contributed by atoms with Crippen LogP contribution in [0.4, 0.5) is 0 Å². The Labute approximate surface area is 85.5 Å². The first-order valence-electron chi connectivity index (χ1n) is 5.13. The van der Waals surface area contributed by atoms with E-state index in [0.29, 0.717) is 11.8 Å². The summed E-state index contributed by atoms with van der Waals surface area (Å²) in [5.41, 5.74) is 1.00. The topological polar surface area (TPSA) is 35.0 Å². The van der Waals surface area contributed by atoms with Gasteiger partial charge in [0.05, 0.1) is 11.8 Å². The zero-order valence-corrected chi connectivity index (χ0v) is 9.32. The maximum Gasteiger partial charge on any atom is 0.233 e. The molecule has 0 bridgehead atoms. The van der Waals surface area contributed by atoms with Gasteiger partial charge in [-0.3, -0.25) is 0 Å². The van der Waals surface area contributed by atoms with Gasteiger partial charge in [-0.1, -0.05) is 20.8 Å². The Morgan fingerprint density at radius 2 is 1.93 bits per heavy atom. The van der Waals surface area contributed by atoms with Gasteiger partial charge in [-0.05, 0) is 25.3 Å². The van der Waals surface area contributed by atoms with Gasteiger partial charge in [0, 0.05) is 6.07 Å². The van der Waals surface area contributed by atoms with Crippen LogP contribution in [0.15, 0.2) is 12.1 Å². The van der Waals surface area contributed by atoms with E-state index in [9.17, 15) is 0 Å². The van der Waals surface area contributed by atoms with Crippen molar-refractivity contribution in [3.8, 4) is 5.88 Å². The highest BCUT2D eigenvalue weighted by molar-refractivity contribution is 5.13. The molecule has 1 aromatic heterocycles. The van der Waals surface area contributed by atoms with Crippen LogP contribution < -0.4 is 4.74 Å². The zero-order chi connectivity index (χ0) is 10.6. The van der Waals surface area contributed by atoms with Crippen molar-refractivity contribution in [3.63, 3.8) is 0 Å². The number of hydrogen-bond acceptors (Lipinski definition) is 3. The van der Waals surface area contributed by atoms with Gasteiger partial charge in [0.1, 0.15) is 0 Å². The van der Waals surface area contributed by atoms with Crippen LogP contribution in [0.25, 0.3) is 0 Å². The third-order valence-corrected chi connectivity index (χ3v) is 2.15. The van der Waals surface area contributed by atoms with Crippen molar-refractivity contribution < 1.29 is 4.74 Å². The Bertz CT molecular complexity index is 269. The first kappa shape index (κ1) is 11.0. The molecule has 14 heavy (non-hydrogen) atoms. The summed E-state index contributed by atoms with van der Waals surface area (Å²) in [7, 11) is 0. The highest BCUT2D eigenvalue weighted by atomic mass is 16.5. The van der Waals surface area contributed by atoms with Crippen molar-refractivity contribution in [1.82, 2.24) is 10.2 Å². The molecular weight excluding hydrogens is 176 g/mol. The van der Waals surface area contributed by atoms with E-state index in [4.69, 9.17) is 4.74 Å². The van der Waals surface area contributed by atoms with Gasteiger partial charge >= 0.3 is 0 Å². The Hall–Kier alpha value is -1.12. The van der Waals surface area contributed by atoms with E-state index in [2.05, 4.69) is 31.0 Å².